The van der Waals surface area contributed by atoms with Crippen molar-refractivity contribution in [1.29, 1.82) is 0 Å². The van der Waals surface area contributed by atoms with E-state index in [0.29, 0.717) is 25.2 Å². The third-order valence-corrected chi connectivity index (χ3v) is 4.48. The largest absolute Gasteiger partial charge is 0.486 e. The summed E-state index contributed by atoms with van der Waals surface area (Å²) in [6, 6.07) is 6.78. The van der Waals surface area contributed by atoms with Crippen molar-refractivity contribution in [3.05, 3.63) is 23.8 Å². The fourth-order valence-electron chi connectivity index (χ4n) is 3.48. The Morgan fingerprint density at radius 1 is 1.25 bits per heavy atom. The Bertz CT molecular complexity index is 452. The molecule has 0 aliphatic carbocycles. The summed E-state index contributed by atoms with van der Waals surface area (Å²) in [5, 5.41) is 0. The molecule has 0 saturated carbocycles. The van der Waals surface area contributed by atoms with Gasteiger partial charge in [-0.2, -0.15) is 0 Å². The highest BCUT2D eigenvalue weighted by atomic mass is 16.6. The molecular formula is C16H24N2O2. The molecule has 0 spiro atoms. The van der Waals surface area contributed by atoms with Crippen molar-refractivity contribution in [3.8, 4) is 11.5 Å². The van der Waals surface area contributed by atoms with E-state index in [2.05, 4.69) is 24.0 Å². The lowest BCUT2D eigenvalue weighted by Gasteiger charge is -2.41. The van der Waals surface area contributed by atoms with Crippen molar-refractivity contribution in [2.24, 2.45) is 11.7 Å². The van der Waals surface area contributed by atoms with Crippen LogP contribution in [-0.2, 0) is 0 Å². The van der Waals surface area contributed by atoms with Crippen LogP contribution < -0.4 is 15.2 Å². The SMILES string of the molecule is CCN1CCCC(CN)C1c1ccc2c(c1)OCCO2. The molecule has 0 bridgehead atoms. The summed E-state index contributed by atoms with van der Waals surface area (Å²) in [6.07, 6.45) is 2.46. The first-order valence-electron chi connectivity index (χ1n) is 7.67. The first kappa shape index (κ1) is 13.7. The summed E-state index contributed by atoms with van der Waals surface area (Å²) in [7, 11) is 0. The van der Waals surface area contributed by atoms with E-state index in [4.69, 9.17) is 15.2 Å². The number of hydrogen-bond acceptors (Lipinski definition) is 4. The van der Waals surface area contributed by atoms with E-state index < -0.39 is 0 Å². The molecule has 2 aliphatic heterocycles. The number of rotatable bonds is 3. The molecule has 1 aromatic rings. The van der Waals surface area contributed by atoms with Crippen molar-refractivity contribution in [1.82, 2.24) is 4.90 Å². The molecule has 1 saturated heterocycles. The minimum absolute atomic E-state index is 0.412. The number of hydrogen-bond donors (Lipinski definition) is 1. The molecule has 1 aromatic carbocycles. The van der Waals surface area contributed by atoms with E-state index in [-0.39, 0.29) is 0 Å². The molecule has 20 heavy (non-hydrogen) atoms. The van der Waals surface area contributed by atoms with E-state index in [9.17, 15) is 0 Å². The Kier molecular flexibility index (Phi) is 4.13. The molecule has 0 amide bonds. The number of likely N-dealkylation sites (tertiary alicyclic amines) is 1. The number of nitrogens with zero attached hydrogens (tertiary/aromatic N) is 1. The molecule has 0 aromatic heterocycles. The van der Waals surface area contributed by atoms with Gasteiger partial charge in [-0.1, -0.05) is 13.0 Å². The summed E-state index contributed by atoms with van der Waals surface area (Å²) in [5.74, 6) is 2.28. The average Bonchev–Trinajstić information content (AvgIpc) is 2.53. The van der Waals surface area contributed by atoms with Gasteiger partial charge in [-0.25, -0.2) is 0 Å². The topological polar surface area (TPSA) is 47.7 Å². The van der Waals surface area contributed by atoms with E-state index in [1.807, 2.05) is 6.07 Å². The number of benzene rings is 1. The van der Waals surface area contributed by atoms with E-state index in [0.717, 1.165) is 31.1 Å². The molecule has 1 fully saturated rings. The van der Waals surface area contributed by atoms with Crippen LogP contribution in [0.5, 0.6) is 11.5 Å². The summed E-state index contributed by atoms with van der Waals surface area (Å²) in [5.41, 5.74) is 7.31. The molecule has 0 radical (unpaired) electrons. The van der Waals surface area contributed by atoms with Crippen molar-refractivity contribution in [3.63, 3.8) is 0 Å². The first-order chi connectivity index (χ1) is 9.83. The van der Waals surface area contributed by atoms with Crippen LogP contribution in [0.4, 0.5) is 0 Å². The monoisotopic (exact) mass is 276 g/mol. The molecule has 2 heterocycles. The predicted molar refractivity (Wildman–Crippen MR) is 79.2 cm³/mol. The normalized spacial score (nSPS) is 26.5. The lowest BCUT2D eigenvalue weighted by molar-refractivity contribution is 0.101. The Morgan fingerprint density at radius 3 is 2.80 bits per heavy atom. The Labute approximate surface area is 120 Å². The van der Waals surface area contributed by atoms with Crippen LogP contribution in [0.15, 0.2) is 18.2 Å². The molecule has 2 atom stereocenters. The van der Waals surface area contributed by atoms with Gasteiger partial charge in [-0.05, 0) is 56.1 Å². The molecule has 110 valence electrons. The van der Waals surface area contributed by atoms with Gasteiger partial charge in [-0.3, -0.25) is 4.90 Å². The maximum atomic E-state index is 6.00. The molecule has 4 heteroatoms. The quantitative estimate of drug-likeness (QED) is 0.919. The molecular weight excluding hydrogens is 252 g/mol. The summed E-state index contributed by atoms with van der Waals surface area (Å²) < 4.78 is 11.3. The van der Waals surface area contributed by atoms with Gasteiger partial charge >= 0.3 is 0 Å². The van der Waals surface area contributed by atoms with E-state index in [1.165, 1.54) is 18.4 Å². The summed E-state index contributed by atoms with van der Waals surface area (Å²) in [6.45, 7) is 6.47. The second-order valence-electron chi connectivity index (χ2n) is 5.61. The zero-order chi connectivity index (χ0) is 13.9. The second kappa shape index (κ2) is 6.02. The van der Waals surface area contributed by atoms with Gasteiger partial charge in [0.2, 0.25) is 0 Å². The summed E-state index contributed by atoms with van der Waals surface area (Å²) in [4.78, 5) is 2.53. The number of ether oxygens (including phenoxy) is 2. The smallest absolute Gasteiger partial charge is 0.161 e. The van der Waals surface area contributed by atoms with Crippen LogP contribution in [0.1, 0.15) is 31.4 Å². The molecule has 4 nitrogen and oxygen atoms in total. The van der Waals surface area contributed by atoms with Crippen LogP contribution >= 0.6 is 0 Å². The molecule has 2 unspecified atom stereocenters. The van der Waals surface area contributed by atoms with E-state index >= 15 is 0 Å². The highest BCUT2D eigenvalue weighted by Crippen LogP contribution is 2.39. The summed E-state index contributed by atoms with van der Waals surface area (Å²) >= 11 is 0. The predicted octanol–water partition coefficient (Wildman–Crippen LogP) is 2.19. The van der Waals surface area contributed by atoms with Gasteiger partial charge in [-0.15, -0.1) is 0 Å². The molecule has 2 aliphatic rings. The minimum atomic E-state index is 0.412. The van der Waals surface area contributed by atoms with Crippen molar-refractivity contribution < 1.29 is 9.47 Å². The van der Waals surface area contributed by atoms with E-state index in [1.54, 1.807) is 0 Å². The van der Waals surface area contributed by atoms with Crippen LogP contribution in [0, 0.1) is 5.92 Å². The molecule has 2 N–H and O–H groups in total. The van der Waals surface area contributed by atoms with Gasteiger partial charge in [0.15, 0.2) is 11.5 Å². The maximum absolute atomic E-state index is 6.00. The Hall–Kier alpha value is -1.26. The lowest BCUT2D eigenvalue weighted by atomic mass is 9.84. The number of fused-ring (bicyclic) bond motifs is 1. The first-order valence-corrected chi connectivity index (χ1v) is 7.67. The van der Waals surface area contributed by atoms with Crippen molar-refractivity contribution in [2.45, 2.75) is 25.8 Å². The van der Waals surface area contributed by atoms with Gasteiger partial charge in [0.05, 0.1) is 0 Å². The van der Waals surface area contributed by atoms with Crippen LogP contribution in [0.2, 0.25) is 0 Å². The Balaban J connectivity index is 1.91. The standard InChI is InChI=1S/C16H24N2O2/c1-2-18-7-3-4-13(11-17)16(18)12-5-6-14-15(10-12)20-9-8-19-14/h5-6,10,13,16H,2-4,7-9,11,17H2,1H3. The van der Waals surface area contributed by atoms with Gasteiger partial charge in [0, 0.05) is 6.04 Å². The third-order valence-electron chi connectivity index (χ3n) is 4.48. The van der Waals surface area contributed by atoms with Crippen LogP contribution in [-0.4, -0.2) is 37.7 Å². The highest BCUT2D eigenvalue weighted by molar-refractivity contribution is 5.45. The fourth-order valence-corrected chi connectivity index (χ4v) is 3.48. The third kappa shape index (κ3) is 2.50. The van der Waals surface area contributed by atoms with Crippen LogP contribution in [0.3, 0.4) is 0 Å². The van der Waals surface area contributed by atoms with Crippen LogP contribution in [0.25, 0.3) is 0 Å². The number of piperidine rings is 1. The fraction of sp³-hybridized carbons (Fsp3) is 0.625. The average molecular weight is 276 g/mol. The number of nitrogens with two attached hydrogens (primary N) is 1. The highest BCUT2D eigenvalue weighted by Gasteiger charge is 2.31. The molecule has 3 rings (SSSR count). The van der Waals surface area contributed by atoms with Gasteiger partial charge < -0.3 is 15.2 Å². The second-order valence-corrected chi connectivity index (χ2v) is 5.61. The van der Waals surface area contributed by atoms with Crippen molar-refractivity contribution in [2.75, 3.05) is 32.8 Å². The Morgan fingerprint density at radius 2 is 2.05 bits per heavy atom. The minimum Gasteiger partial charge on any atom is -0.486 e. The van der Waals surface area contributed by atoms with Gasteiger partial charge in [0.1, 0.15) is 13.2 Å². The van der Waals surface area contributed by atoms with Gasteiger partial charge in [0.25, 0.3) is 0 Å². The zero-order valence-corrected chi connectivity index (χ0v) is 12.2. The lowest BCUT2D eigenvalue weighted by Crippen LogP contribution is -2.41. The van der Waals surface area contributed by atoms with Crippen molar-refractivity contribution >= 4 is 0 Å². The maximum Gasteiger partial charge on any atom is 0.161 e. The zero-order valence-electron chi connectivity index (χ0n) is 12.2.